The van der Waals surface area contributed by atoms with Crippen molar-refractivity contribution in [3.8, 4) is 0 Å². The van der Waals surface area contributed by atoms with E-state index in [1.165, 1.54) is 0 Å². The third-order valence-corrected chi connectivity index (χ3v) is 1.92. The van der Waals surface area contributed by atoms with Gasteiger partial charge < -0.3 is 0 Å². The lowest BCUT2D eigenvalue weighted by molar-refractivity contribution is 1.92. The molecule has 0 aliphatic heterocycles. The van der Waals surface area contributed by atoms with Gasteiger partial charge in [0.25, 0.3) is 0 Å². The van der Waals surface area contributed by atoms with Gasteiger partial charge in [-0.25, -0.2) is 4.51 Å². The Labute approximate surface area is 33.8 Å². The molecule has 3 heteroatoms. The van der Waals surface area contributed by atoms with Crippen LogP contribution in [0.2, 0.25) is 0 Å². The highest BCUT2D eigenvalue weighted by molar-refractivity contribution is 7.38. The van der Waals surface area contributed by atoms with Crippen molar-refractivity contribution in [1.29, 1.82) is 0 Å². The fraction of sp³-hybridized carbons (Fsp3) is 0. The lowest BCUT2D eigenvalue weighted by atomic mass is 11.2. The largest absolute Gasteiger partial charge is 0.220 e. The molecular weight excluding hydrogens is 100.0 g/mol. The predicted molar refractivity (Wildman–Crippen MR) is 25.1 cm³/mol. The standard InChI is InChI=1S/C2H2NP2/c1-2-5-3-4-1/h1,4H. The molecule has 1 aromatic heterocycles. The molecule has 0 fully saturated rings. The van der Waals surface area contributed by atoms with E-state index in [1.54, 1.807) is 0 Å². The summed E-state index contributed by atoms with van der Waals surface area (Å²) in [4.78, 5) is 0. The topological polar surface area (TPSA) is 12.9 Å². The first-order valence-electron chi connectivity index (χ1n) is 1.22. The van der Waals surface area contributed by atoms with Gasteiger partial charge in [0.05, 0.1) is 8.35 Å². The summed E-state index contributed by atoms with van der Waals surface area (Å²) in [7, 11) is 1.71. The molecule has 5 heavy (non-hydrogen) atoms. The zero-order valence-corrected chi connectivity index (χ0v) is 4.37. The summed E-state index contributed by atoms with van der Waals surface area (Å²) in [5.41, 5.74) is 0. The third kappa shape index (κ3) is 0.718. The van der Waals surface area contributed by atoms with E-state index in [0.29, 0.717) is 8.35 Å². The molecule has 0 saturated heterocycles. The van der Waals surface area contributed by atoms with Crippen LogP contribution in [0.15, 0.2) is 5.80 Å². The van der Waals surface area contributed by atoms with Crippen molar-refractivity contribution in [3.05, 3.63) is 11.6 Å². The monoisotopic (exact) mass is 102 g/mol. The van der Waals surface area contributed by atoms with Gasteiger partial charge in [0, 0.05) is 5.80 Å². The number of hydrogen-bond donors (Lipinski definition) is 0. The summed E-state index contributed by atoms with van der Waals surface area (Å²) in [5, 5.41) is 0. The summed E-state index contributed by atoms with van der Waals surface area (Å²) >= 11 is 0. The maximum absolute atomic E-state index is 3.92. The predicted octanol–water partition coefficient (Wildman–Crippen LogP) is 1.49. The normalized spacial score (nSPS) is 11.2. The van der Waals surface area contributed by atoms with Crippen molar-refractivity contribution in [1.82, 2.24) is 4.51 Å². The third-order valence-electron chi connectivity index (χ3n) is 0.295. The Kier molecular flexibility index (Phi) is 1.03. The van der Waals surface area contributed by atoms with Gasteiger partial charge in [0.2, 0.25) is 0 Å². The van der Waals surface area contributed by atoms with Crippen molar-refractivity contribution in [2.75, 3.05) is 0 Å². The van der Waals surface area contributed by atoms with Gasteiger partial charge in [0.1, 0.15) is 0 Å². The van der Waals surface area contributed by atoms with Gasteiger partial charge in [-0.05, 0) is 14.1 Å². The summed E-state index contributed by atoms with van der Waals surface area (Å²) in [6.07, 6.45) is 0. The molecule has 1 rings (SSSR count). The second-order valence-corrected chi connectivity index (χ2v) is 2.41. The minimum absolute atomic E-state index is 0.685. The average Bonchev–Trinajstić information content (AvgIpc) is 1.76. The van der Waals surface area contributed by atoms with E-state index < -0.39 is 0 Å². The van der Waals surface area contributed by atoms with Crippen LogP contribution < -0.4 is 0 Å². The molecule has 0 aromatic carbocycles. The quantitative estimate of drug-likeness (QED) is 0.483. The van der Waals surface area contributed by atoms with Crippen molar-refractivity contribution < 1.29 is 0 Å². The minimum Gasteiger partial charge on any atom is -0.220 e. The van der Waals surface area contributed by atoms with Gasteiger partial charge in [-0.3, -0.25) is 0 Å². The second-order valence-electron chi connectivity index (χ2n) is 0.603. The molecular formula is C2H2NP2. The van der Waals surface area contributed by atoms with Crippen molar-refractivity contribution in [2.45, 2.75) is 0 Å². The molecule has 0 N–H and O–H groups in total. The lowest BCUT2D eigenvalue weighted by Crippen LogP contribution is -1.13. The van der Waals surface area contributed by atoms with E-state index in [1.807, 2.05) is 5.80 Å². The molecule has 0 aliphatic rings. The Morgan fingerprint density at radius 3 is 3.20 bits per heavy atom. The van der Waals surface area contributed by atoms with Crippen LogP contribution in [0.3, 0.4) is 0 Å². The highest BCUT2D eigenvalue weighted by Gasteiger charge is 1.61. The Balaban J connectivity index is 3.13. The highest BCUT2D eigenvalue weighted by Crippen LogP contribution is 2.04. The van der Waals surface area contributed by atoms with E-state index in [2.05, 4.69) is 10.3 Å². The maximum Gasteiger partial charge on any atom is 0.0510 e. The Morgan fingerprint density at radius 1 is 2.00 bits per heavy atom. The molecule has 0 bridgehead atoms. The maximum atomic E-state index is 3.92. The average molecular weight is 102 g/mol. The number of rotatable bonds is 0. The molecule has 0 aliphatic carbocycles. The number of hydrogen-bond acceptors (Lipinski definition) is 1. The van der Waals surface area contributed by atoms with E-state index in [9.17, 15) is 0 Å². The van der Waals surface area contributed by atoms with Crippen LogP contribution in [-0.4, -0.2) is 4.51 Å². The summed E-state index contributed by atoms with van der Waals surface area (Å²) in [6, 6.07) is 0. The fourth-order valence-electron chi connectivity index (χ4n) is 0.144. The molecule has 1 unspecified atom stereocenters. The molecule has 1 aromatic rings. The van der Waals surface area contributed by atoms with Crippen molar-refractivity contribution >= 4 is 16.7 Å². The lowest BCUT2D eigenvalue weighted by Gasteiger charge is -1.41. The van der Waals surface area contributed by atoms with Crippen LogP contribution in [0.5, 0.6) is 0 Å². The van der Waals surface area contributed by atoms with Crippen molar-refractivity contribution in [2.24, 2.45) is 0 Å². The molecule has 1 nitrogen and oxygen atoms in total. The van der Waals surface area contributed by atoms with E-state index in [0.717, 1.165) is 8.35 Å². The number of nitrogens with zero attached hydrogens (tertiary/aromatic N) is 1. The minimum atomic E-state index is 0.685. The molecule has 0 spiro atoms. The highest BCUT2D eigenvalue weighted by atomic mass is 31.1. The van der Waals surface area contributed by atoms with Gasteiger partial charge in [-0.2, -0.15) is 0 Å². The summed E-state index contributed by atoms with van der Waals surface area (Å²) < 4.78 is 3.92. The molecule has 1 radical (unpaired) electrons. The molecule has 0 saturated carbocycles. The number of aromatic nitrogens is 1. The van der Waals surface area contributed by atoms with Gasteiger partial charge >= 0.3 is 0 Å². The van der Waals surface area contributed by atoms with Crippen LogP contribution in [-0.2, 0) is 0 Å². The zero-order chi connectivity index (χ0) is 3.54. The zero-order valence-electron chi connectivity index (χ0n) is 2.47. The smallest absolute Gasteiger partial charge is 0.0510 e. The summed E-state index contributed by atoms with van der Waals surface area (Å²) in [6.45, 7) is 0. The fourth-order valence-corrected chi connectivity index (χ4v) is 1.30. The molecule has 1 heterocycles. The molecule has 0 amide bonds. The van der Waals surface area contributed by atoms with Crippen LogP contribution in [0, 0.1) is 5.80 Å². The first-order valence-corrected chi connectivity index (χ1v) is 3.10. The van der Waals surface area contributed by atoms with E-state index >= 15 is 0 Å². The van der Waals surface area contributed by atoms with Gasteiger partial charge in [-0.15, -0.1) is 0 Å². The van der Waals surface area contributed by atoms with Gasteiger partial charge in [-0.1, -0.05) is 0 Å². The summed E-state index contributed by atoms with van der Waals surface area (Å²) in [5.74, 6) is 4.88. The second kappa shape index (κ2) is 1.55. The van der Waals surface area contributed by atoms with E-state index in [4.69, 9.17) is 0 Å². The Morgan fingerprint density at radius 2 is 3.00 bits per heavy atom. The first kappa shape index (κ1) is 3.33. The van der Waals surface area contributed by atoms with Crippen LogP contribution in [0.4, 0.5) is 0 Å². The SMILES string of the molecule is [c]1c[pH]np1. The molecule has 25 valence electrons. The molecule has 1 atom stereocenters. The Hall–Kier alpha value is 0.140. The van der Waals surface area contributed by atoms with Gasteiger partial charge in [0.15, 0.2) is 0 Å². The first-order chi connectivity index (χ1) is 2.50. The van der Waals surface area contributed by atoms with Crippen LogP contribution in [0.25, 0.3) is 0 Å². The Bertz CT molecular complexity index is 64.1. The van der Waals surface area contributed by atoms with Crippen LogP contribution in [0.1, 0.15) is 0 Å². The van der Waals surface area contributed by atoms with Crippen LogP contribution >= 0.6 is 16.7 Å². The van der Waals surface area contributed by atoms with Crippen molar-refractivity contribution in [3.63, 3.8) is 0 Å². The van der Waals surface area contributed by atoms with E-state index in [-0.39, 0.29) is 0 Å².